The molecule has 0 amide bonds. The van der Waals surface area contributed by atoms with Gasteiger partial charge in [-0.05, 0) is 53.2 Å². The molecule has 0 atom stereocenters. The first kappa shape index (κ1) is 20.3. The van der Waals surface area contributed by atoms with Gasteiger partial charge in [-0.3, -0.25) is 0 Å². The van der Waals surface area contributed by atoms with E-state index < -0.39 is 0 Å². The molecule has 1 aromatic carbocycles. The molecule has 0 aliphatic rings. The van der Waals surface area contributed by atoms with Crippen molar-refractivity contribution < 1.29 is 4.74 Å². The largest absolute Gasteiger partial charge is 0.494 e. The number of aryl methyl sites for hydroxylation is 1. The summed E-state index contributed by atoms with van der Waals surface area (Å²) < 4.78 is 5.73. The van der Waals surface area contributed by atoms with E-state index in [-0.39, 0.29) is 5.54 Å². The topological polar surface area (TPSA) is 57.7 Å². The standard InChI is InChI=1S/C19H34N4O/c1-7-20-18(21-11-12-23-19(4,5)6)22-14-16-10-9-15(3)13-17(16)24-8-2/h9-10,13,23H,7-8,11-12,14H2,1-6H3,(H2,20,21,22). The molecular weight excluding hydrogens is 300 g/mol. The maximum absolute atomic E-state index is 5.73. The highest BCUT2D eigenvalue weighted by Crippen LogP contribution is 2.21. The van der Waals surface area contributed by atoms with Crippen LogP contribution in [-0.2, 0) is 6.54 Å². The highest BCUT2D eigenvalue weighted by Gasteiger charge is 2.08. The van der Waals surface area contributed by atoms with Crippen LogP contribution >= 0.6 is 0 Å². The van der Waals surface area contributed by atoms with Crippen LogP contribution in [0.2, 0.25) is 0 Å². The molecule has 1 aromatic rings. The Kier molecular flexibility index (Phi) is 8.61. The fourth-order valence-corrected chi connectivity index (χ4v) is 2.21. The Morgan fingerprint density at radius 3 is 2.50 bits per heavy atom. The van der Waals surface area contributed by atoms with Crippen molar-refractivity contribution in [1.82, 2.24) is 16.0 Å². The number of hydrogen-bond donors (Lipinski definition) is 3. The molecule has 136 valence electrons. The van der Waals surface area contributed by atoms with Crippen LogP contribution in [-0.4, -0.2) is 37.7 Å². The Balaban J connectivity index is 2.65. The lowest BCUT2D eigenvalue weighted by molar-refractivity contribution is 0.336. The minimum absolute atomic E-state index is 0.130. The van der Waals surface area contributed by atoms with Crippen LogP contribution in [0.1, 0.15) is 45.7 Å². The number of benzene rings is 1. The normalized spacial score (nSPS) is 12.2. The van der Waals surface area contributed by atoms with Crippen molar-refractivity contribution >= 4 is 5.96 Å². The highest BCUT2D eigenvalue weighted by atomic mass is 16.5. The predicted molar refractivity (Wildman–Crippen MR) is 103 cm³/mol. The van der Waals surface area contributed by atoms with Gasteiger partial charge in [-0.2, -0.15) is 0 Å². The first-order valence-corrected chi connectivity index (χ1v) is 8.85. The average molecular weight is 335 g/mol. The molecule has 0 aliphatic heterocycles. The molecule has 0 aromatic heterocycles. The lowest BCUT2D eigenvalue weighted by atomic mass is 10.1. The summed E-state index contributed by atoms with van der Waals surface area (Å²) in [4.78, 5) is 4.68. The predicted octanol–water partition coefficient (Wildman–Crippen LogP) is 2.84. The molecule has 24 heavy (non-hydrogen) atoms. The third kappa shape index (κ3) is 8.20. The first-order valence-electron chi connectivity index (χ1n) is 8.85. The van der Waals surface area contributed by atoms with Gasteiger partial charge in [-0.15, -0.1) is 0 Å². The second-order valence-electron chi connectivity index (χ2n) is 6.84. The Labute approximate surface area is 147 Å². The number of hydrogen-bond acceptors (Lipinski definition) is 3. The first-order chi connectivity index (χ1) is 11.4. The second kappa shape index (κ2) is 10.2. The van der Waals surface area contributed by atoms with E-state index in [0.29, 0.717) is 13.2 Å². The van der Waals surface area contributed by atoms with Crippen molar-refractivity contribution in [3.05, 3.63) is 29.3 Å². The van der Waals surface area contributed by atoms with Crippen molar-refractivity contribution in [2.24, 2.45) is 4.99 Å². The Morgan fingerprint density at radius 2 is 1.88 bits per heavy atom. The highest BCUT2D eigenvalue weighted by molar-refractivity contribution is 5.79. The maximum Gasteiger partial charge on any atom is 0.191 e. The zero-order chi connectivity index (χ0) is 18.0. The zero-order valence-corrected chi connectivity index (χ0v) is 16.1. The van der Waals surface area contributed by atoms with Gasteiger partial charge in [-0.1, -0.05) is 12.1 Å². The molecule has 0 aliphatic carbocycles. The molecule has 0 radical (unpaired) electrons. The van der Waals surface area contributed by atoms with Crippen molar-refractivity contribution in [3.8, 4) is 5.75 Å². The van der Waals surface area contributed by atoms with Crippen LogP contribution in [0.4, 0.5) is 0 Å². The van der Waals surface area contributed by atoms with Gasteiger partial charge >= 0.3 is 0 Å². The third-order valence-electron chi connectivity index (χ3n) is 3.35. The summed E-state index contributed by atoms with van der Waals surface area (Å²) in [6.45, 7) is 16.5. The van der Waals surface area contributed by atoms with E-state index in [1.54, 1.807) is 0 Å². The lowest BCUT2D eigenvalue weighted by Crippen LogP contribution is -2.44. The van der Waals surface area contributed by atoms with Gasteiger partial charge in [0.1, 0.15) is 5.75 Å². The lowest BCUT2D eigenvalue weighted by Gasteiger charge is -2.21. The van der Waals surface area contributed by atoms with E-state index in [9.17, 15) is 0 Å². The quantitative estimate of drug-likeness (QED) is 0.389. The Bertz CT molecular complexity index is 521. The number of nitrogens with zero attached hydrogens (tertiary/aromatic N) is 1. The van der Waals surface area contributed by atoms with E-state index >= 15 is 0 Å². The smallest absolute Gasteiger partial charge is 0.191 e. The van der Waals surface area contributed by atoms with Crippen molar-refractivity contribution in [2.75, 3.05) is 26.2 Å². The van der Waals surface area contributed by atoms with Gasteiger partial charge in [0.15, 0.2) is 5.96 Å². The van der Waals surface area contributed by atoms with Crippen molar-refractivity contribution in [2.45, 2.75) is 53.6 Å². The molecule has 5 heteroatoms. The molecule has 0 fully saturated rings. The van der Waals surface area contributed by atoms with Gasteiger partial charge in [0, 0.05) is 30.7 Å². The second-order valence-corrected chi connectivity index (χ2v) is 6.84. The van der Waals surface area contributed by atoms with E-state index in [2.05, 4.69) is 73.8 Å². The molecular formula is C19H34N4O. The summed E-state index contributed by atoms with van der Waals surface area (Å²) >= 11 is 0. The van der Waals surface area contributed by atoms with E-state index in [1.165, 1.54) is 5.56 Å². The fourth-order valence-electron chi connectivity index (χ4n) is 2.21. The molecule has 0 heterocycles. The van der Waals surface area contributed by atoms with E-state index in [4.69, 9.17) is 4.74 Å². The molecule has 0 saturated carbocycles. The van der Waals surface area contributed by atoms with Gasteiger partial charge in [0.25, 0.3) is 0 Å². The average Bonchev–Trinajstić information content (AvgIpc) is 2.50. The van der Waals surface area contributed by atoms with Gasteiger partial charge in [-0.25, -0.2) is 4.99 Å². The fraction of sp³-hybridized carbons (Fsp3) is 0.632. The van der Waals surface area contributed by atoms with Crippen LogP contribution in [0, 0.1) is 6.92 Å². The number of guanidine groups is 1. The van der Waals surface area contributed by atoms with Gasteiger partial charge in [0.05, 0.1) is 13.2 Å². The molecule has 0 spiro atoms. The summed E-state index contributed by atoms with van der Waals surface area (Å²) in [5.41, 5.74) is 2.43. The van der Waals surface area contributed by atoms with Gasteiger partial charge in [0.2, 0.25) is 0 Å². The molecule has 1 rings (SSSR count). The van der Waals surface area contributed by atoms with Crippen molar-refractivity contribution in [1.29, 1.82) is 0 Å². The summed E-state index contributed by atoms with van der Waals surface area (Å²) in [5, 5.41) is 10.1. The van der Waals surface area contributed by atoms with E-state index in [1.807, 2.05) is 6.92 Å². The summed E-state index contributed by atoms with van der Waals surface area (Å²) in [6, 6.07) is 6.26. The Hall–Kier alpha value is -1.75. The minimum atomic E-state index is 0.130. The third-order valence-corrected chi connectivity index (χ3v) is 3.35. The van der Waals surface area contributed by atoms with Gasteiger partial charge < -0.3 is 20.7 Å². The number of ether oxygens (including phenoxy) is 1. The van der Waals surface area contributed by atoms with Crippen LogP contribution in [0.5, 0.6) is 5.75 Å². The SMILES string of the molecule is CCNC(=NCc1ccc(C)cc1OCC)NCCNC(C)(C)C. The zero-order valence-electron chi connectivity index (χ0n) is 16.1. The Morgan fingerprint density at radius 1 is 1.12 bits per heavy atom. The summed E-state index contributed by atoms with van der Waals surface area (Å²) in [6.07, 6.45) is 0. The molecule has 5 nitrogen and oxygen atoms in total. The summed E-state index contributed by atoms with van der Waals surface area (Å²) in [7, 11) is 0. The molecule has 3 N–H and O–H groups in total. The van der Waals surface area contributed by atoms with Crippen LogP contribution in [0.15, 0.2) is 23.2 Å². The van der Waals surface area contributed by atoms with Crippen LogP contribution < -0.4 is 20.7 Å². The number of rotatable bonds is 8. The minimum Gasteiger partial charge on any atom is -0.494 e. The van der Waals surface area contributed by atoms with Crippen molar-refractivity contribution in [3.63, 3.8) is 0 Å². The molecule has 0 saturated heterocycles. The summed E-state index contributed by atoms with van der Waals surface area (Å²) in [5.74, 6) is 1.75. The van der Waals surface area contributed by atoms with Crippen LogP contribution in [0.3, 0.4) is 0 Å². The number of nitrogens with one attached hydrogen (secondary N) is 3. The van der Waals surface area contributed by atoms with E-state index in [0.717, 1.165) is 36.9 Å². The maximum atomic E-state index is 5.73. The number of aliphatic imine (C=N–C) groups is 1. The molecule has 0 unspecified atom stereocenters. The monoisotopic (exact) mass is 334 g/mol. The molecule has 0 bridgehead atoms. The van der Waals surface area contributed by atoms with Crippen LogP contribution in [0.25, 0.3) is 0 Å².